The van der Waals surface area contributed by atoms with Gasteiger partial charge in [-0.3, -0.25) is 0 Å². The third-order valence-corrected chi connectivity index (χ3v) is 1.61. The first kappa shape index (κ1) is 10.3. The van der Waals surface area contributed by atoms with Gasteiger partial charge in [0.05, 0.1) is 16.8 Å². The normalized spacial score (nSPS) is 11.1. The van der Waals surface area contributed by atoms with E-state index in [0.717, 1.165) is 6.07 Å². The summed E-state index contributed by atoms with van der Waals surface area (Å²) in [4.78, 5) is 0. The molecule has 0 spiro atoms. The van der Waals surface area contributed by atoms with Crippen LogP contribution in [-0.4, -0.2) is 0 Å². The minimum atomic E-state index is -4.80. The average Bonchev–Trinajstić information content (AvgIpc) is 2.07. The summed E-state index contributed by atoms with van der Waals surface area (Å²) in [6.07, 6.45) is -4.80. The maximum absolute atomic E-state index is 12.9. The molecule has 0 aromatic heterocycles. The van der Waals surface area contributed by atoms with Gasteiger partial charge in [0.25, 0.3) is 0 Å². The van der Waals surface area contributed by atoms with E-state index in [9.17, 15) is 17.6 Å². The van der Waals surface area contributed by atoms with E-state index in [4.69, 9.17) is 11.0 Å². The van der Waals surface area contributed by atoms with Crippen molar-refractivity contribution >= 4 is 5.69 Å². The molecule has 1 aromatic carbocycles. The summed E-state index contributed by atoms with van der Waals surface area (Å²) in [5.74, 6) is -1.60. The van der Waals surface area contributed by atoms with Crippen LogP contribution in [0.4, 0.5) is 23.2 Å². The zero-order valence-corrected chi connectivity index (χ0v) is 6.69. The van der Waals surface area contributed by atoms with Crippen molar-refractivity contribution in [2.24, 2.45) is 0 Å². The van der Waals surface area contributed by atoms with Gasteiger partial charge in [-0.1, -0.05) is 0 Å². The highest BCUT2D eigenvalue weighted by Gasteiger charge is 2.35. The molecule has 2 N–H and O–H groups in total. The summed E-state index contributed by atoms with van der Waals surface area (Å²) in [6.45, 7) is 0. The molecular weight excluding hydrogens is 200 g/mol. The second kappa shape index (κ2) is 3.18. The number of nitrogen functional groups attached to an aromatic ring is 1. The second-order valence-corrected chi connectivity index (χ2v) is 2.50. The third kappa shape index (κ3) is 1.62. The molecule has 0 saturated carbocycles. The van der Waals surface area contributed by atoms with Crippen molar-refractivity contribution in [3.8, 4) is 6.07 Å². The van der Waals surface area contributed by atoms with Gasteiger partial charge in [-0.25, -0.2) is 4.39 Å². The van der Waals surface area contributed by atoms with Crippen molar-refractivity contribution in [3.05, 3.63) is 29.1 Å². The molecule has 0 aliphatic carbocycles. The quantitative estimate of drug-likeness (QED) is 0.520. The summed E-state index contributed by atoms with van der Waals surface area (Å²) >= 11 is 0. The Hall–Kier alpha value is -1.77. The summed E-state index contributed by atoms with van der Waals surface area (Å²) < 4.78 is 49.2. The predicted octanol–water partition coefficient (Wildman–Crippen LogP) is 2.30. The Labute approximate surface area is 76.6 Å². The monoisotopic (exact) mass is 204 g/mol. The van der Waals surface area contributed by atoms with Crippen LogP contribution >= 0.6 is 0 Å². The largest absolute Gasteiger partial charge is 0.419 e. The molecule has 0 fully saturated rings. The fourth-order valence-electron chi connectivity index (χ4n) is 0.909. The topological polar surface area (TPSA) is 49.8 Å². The molecule has 1 rings (SSSR count). The van der Waals surface area contributed by atoms with Crippen molar-refractivity contribution < 1.29 is 17.6 Å². The van der Waals surface area contributed by atoms with Crippen molar-refractivity contribution in [3.63, 3.8) is 0 Å². The van der Waals surface area contributed by atoms with E-state index in [1.54, 1.807) is 0 Å². The van der Waals surface area contributed by atoms with Crippen LogP contribution < -0.4 is 5.73 Å². The molecule has 6 heteroatoms. The number of rotatable bonds is 0. The fraction of sp³-hybridized carbons (Fsp3) is 0.125. The maximum Gasteiger partial charge on any atom is 0.419 e. The lowest BCUT2D eigenvalue weighted by atomic mass is 10.1. The van der Waals surface area contributed by atoms with Crippen LogP contribution in [0.3, 0.4) is 0 Å². The molecule has 0 saturated heterocycles. The molecule has 14 heavy (non-hydrogen) atoms. The van der Waals surface area contributed by atoms with Gasteiger partial charge in [-0.2, -0.15) is 18.4 Å². The average molecular weight is 204 g/mol. The van der Waals surface area contributed by atoms with Crippen molar-refractivity contribution in [1.29, 1.82) is 5.26 Å². The molecule has 0 amide bonds. The molecule has 0 aliphatic rings. The molecule has 0 heterocycles. The molecule has 0 aliphatic heterocycles. The summed E-state index contributed by atoms with van der Waals surface area (Å²) in [5, 5.41) is 8.36. The Balaban J connectivity index is 3.41. The number of nitrogens with two attached hydrogens (primary N) is 1. The van der Waals surface area contributed by atoms with Crippen molar-refractivity contribution in [2.75, 3.05) is 5.73 Å². The predicted molar refractivity (Wildman–Crippen MR) is 40.5 cm³/mol. The lowest BCUT2D eigenvalue weighted by Crippen LogP contribution is -2.10. The smallest absolute Gasteiger partial charge is 0.395 e. The van der Waals surface area contributed by atoms with Crippen LogP contribution in [0.5, 0.6) is 0 Å². The number of alkyl halides is 3. The zero-order chi connectivity index (χ0) is 10.9. The highest BCUT2D eigenvalue weighted by Crippen LogP contribution is 2.34. The van der Waals surface area contributed by atoms with Gasteiger partial charge in [-0.15, -0.1) is 0 Å². The Morgan fingerprint density at radius 2 is 1.86 bits per heavy atom. The molecule has 1 aromatic rings. The number of benzene rings is 1. The Kier molecular flexibility index (Phi) is 2.34. The standard InChI is InChI=1S/C8H4F4N2/c9-6-5(8(10,11)12)2-1-4(3-13)7(6)14/h1-2H,14H2. The number of hydrogen-bond donors (Lipinski definition) is 1. The summed E-state index contributed by atoms with van der Waals surface area (Å²) in [5.41, 5.74) is 2.44. The Bertz CT molecular complexity index is 403. The van der Waals surface area contributed by atoms with E-state index in [2.05, 4.69) is 0 Å². The molecule has 2 nitrogen and oxygen atoms in total. The van der Waals surface area contributed by atoms with Crippen LogP contribution in [0.25, 0.3) is 0 Å². The van der Waals surface area contributed by atoms with Gasteiger partial charge in [-0.05, 0) is 12.1 Å². The van der Waals surface area contributed by atoms with Gasteiger partial charge < -0.3 is 5.73 Å². The van der Waals surface area contributed by atoms with Crippen molar-refractivity contribution in [2.45, 2.75) is 6.18 Å². The summed E-state index contributed by atoms with van der Waals surface area (Å²) in [6, 6.07) is 2.81. The van der Waals surface area contributed by atoms with Crippen LogP contribution in [0.2, 0.25) is 0 Å². The van der Waals surface area contributed by atoms with Crippen LogP contribution in [-0.2, 0) is 6.18 Å². The Morgan fingerprint density at radius 1 is 1.29 bits per heavy atom. The molecule has 0 unspecified atom stereocenters. The first-order valence-corrected chi connectivity index (χ1v) is 3.43. The SMILES string of the molecule is N#Cc1ccc(C(F)(F)F)c(F)c1N. The lowest BCUT2D eigenvalue weighted by Gasteiger charge is -2.09. The van der Waals surface area contributed by atoms with Gasteiger partial charge in [0.1, 0.15) is 6.07 Å². The number of anilines is 1. The third-order valence-electron chi connectivity index (χ3n) is 1.61. The van der Waals surface area contributed by atoms with E-state index in [-0.39, 0.29) is 5.56 Å². The van der Waals surface area contributed by atoms with E-state index >= 15 is 0 Å². The molecule has 0 bridgehead atoms. The van der Waals surface area contributed by atoms with Gasteiger partial charge in [0.2, 0.25) is 0 Å². The van der Waals surface area contributed by atoms with Crippen molar-refractivity contribution in [1.82, 2.24) is 0 Å². The maximum atomic E-state index is 12.9. The molecule has 0 atom stereocenters. The minimum absolute atomic E-state index is 0.310. The van der Waals surface area contributed by atoms with E-state index in [1.807, 2.05) is 0 Å². The number of nitriles is 1. The lowest BCUT2D eigenvalue weighted by molar-refractivity contribution is -0.139. The first-order valence-electron chi connectivity index (χ1n) is 3.43. The molecular formula is C8H4F4N2. The van der Waals surface area contributed by atoms with E-state index in [0.29, 0.717) is 6.07 Å². The number of halogens is 4. The van der Waals surface area contributed by atoms with Crippen LogP contribution in [0, 0.1) is 17.1 Å². The van der Waals surface area contributed by atoms with Gasteiger partial charge >= 0.3 is 6.18 Å². The van der Waals surface area contributed by atoms with Gasteiger partial charge in [0.15, 0.2) is 5.82 Å². The highest BCUT2D eigenvalue weighted by molar-refractivity contribution is 5.57. The highest BCUT2D eigenvalue weighted by atomic mass is 19.4. The zero-order valence-electron chi connectivity index (χ0n) is 6.69. The first-order chi connectivity index (χ1) is 6.38. The molecule has 74 valence electrons. The summed E-state index contributed by atoms with van der Waals surface area (Å²) in [7, 11) is 0. The fourth-order valence-corrected chi connectivity index (χ4v) is 0.909. The Morgan fingerprint density at radius 3 is 2.29 bits per heavy atom. The minimum Gasteiger partial charge on any atom is -0.395 e. The van der Waals surface area contributed by atoms with Gasteiger partial charge in [0, 0.05) is 0 Å². The number of nitrogens with zero attached hydrogens (tertiary/aromatic N) is 1. The number of hydrogen-bond acceptors (Lipinski definition) is 2. The second-order valence-electron chi connectivity index (χ2n) is 2.50. The van der Waals surface area contributed by atoms with Crippen LogP contribution in [0.1, 0.15) is 11.1 Å². The van der Waals surface area contributed by atoms with E-state index < -0.39 is 23.2 Å². The van der Waals surface area contributed by atoms with Crippen LogP contribution in [0.15, 0.2) is 12.1 Å². The molecule has 0 radical (unpaired) electrons. The van der Waals surface area contributed by atoms with E-state index in [1.165, 1.54) is 6.07 Å².